The van der Waals surface area contributed by atoms with Crippen LogP contribution in [0.25, 0.3) is 0 Å². The number of hydrogen-bond acceptors (Lipinski definition) is 1. The van der Waals surface area contributed by atoms with Gasteiger partial charge in [0.2, 0.25) is 0 Å². The predicted molar refractivity (Wildman–Crippen MR) is 103 cm³/mol. The molecule has 1 aromatic rings. The zero-order valence-electron chi connectivity index (χ0n) is 17.7. The lowest BCUT2D eigenvalue weighted by molar-refractivity contribution is -0.138. The Labute approximate surface area is 177 Å². The maximum atomic E-state index is 14.0. The molecule has 1 saturated heterocycles. The van der Waals surface area contributed by atoms with E-state index in [1.54, 1.807) is 0 Å². The highest BCUT2D eigenvalue weighted by molar-refractivity contribution is 5.27. The van der Waals surface area contributed by atoms with Crippen molar-refractivity contribution >= 4 is 0 Å². The summed E-state index contributed by atoms with van der Waals surface area (Å²) in [6, 6.07) is 3.62. The molecule has 1 heterocycles. The maximum absolute atomic E-state index is 14.0. The van der Waals surface area contributed by atoms with Gasteiger partial charge in [-0.3, -0.25) is 4.90 Å². The molecule has 178 valence electrons. The van der Waals surface area contributed by atoms with Crippen molar-refractivity contribution in [2.45, 2.75) is 83.1 Å². The van der Waals surface area contributed by atoms with Crippen LogP contribution in [0, 0.1) is 5.41 Å². The van der Waals surface area contributed by atoms with Crippen molar-refractivity contribution in [1.29, 1.82) is 0 Å². The zero-order chi connectivity index (χ0) is 23.5. The lowest BCUT2D eigenvalue weighted by atomic mass is 9.82. The van der Waals surface area contributed by atoms with Crippen LogP contribution in [-0.2, 0) is 6.18 Å². The summed E-state index contributed by atoms with van der Waals surface area (Å²) in [5.74, 6) is -2.89. The van der Waals surface area contributed by atoms with Crippen molar-refractivity contribution in [2.75, 3.05) is 13.1 Å². The molecule has 0 aliphatic carbocycles. The number of hydrogen-bond donors (Lipinski definition) is 0. The van der Waals surface area contributed by atoms with Crippen molar-refractivity contribution < 1.29 is 35.1 Å². The minimum absolute atomic E-state index is 0.0423. The van der Waals surface area contributed by atoms with Crippen LogP contribution in [-0.4, -0.2) is 30.1 Å². The Bertz CT molecular complexity index is 691. The summed E-state index contributed by atoms with van der Waals surface area (Å²) < 4.78 is 104. The Balaban J connectivity index is 1.98. The molecule has 9 heteroatoms. The average Bonchev–Trinajstić information content (AvgIpc) is 2.60. The molecule has 0 amide bonds. The second kappa shape index (κ2) is 9.63. The highest BCUT2D eigenvalue weighted by Crippen LogP contribution is 2.41. The minimum atomic E-state index is -4.49. The Morgan fingerprint density at radius 2 is 1.48 bits per heavy atom. The third-order valence-corrected chi connectivity index (χ3v) is 5.93. The third kappa shape index (κ3) is 8.58. The number of benzene rings is 1. The number of nitrogens with zero attached hydrogens (tertiary/aromatic N) is 1. The van der Waals surface area contributed by atoms with E-state index in [1.165, 1.54) is 12.1 Å². The molecule has 0 saturated carbocycles. The number of alkyl halides is 8. The highest BCUT2D eigenvalue weighted by atomic mass is 19.4. The number of likely N-dealkylation sites (tertiary alicyclic amines) is 1. The predicted octanol–water partition coefficient (Wildman–Crippen LogP) is 8.02. The van der Waals surface area contributed by atoms with Gasteiger partial charge in [-0.1, -0.05) is 26.0 Å². The lowest BCUT2D eigenvalue weighted by Gasteiger charge is -2.40. The van der Waals surface area contributed by atoms with E-state index in [4.69, 9.17) is 0 Å². The first-order valence-electron chi connectivity index (χ1n) is 10.4. The molecule has 0 N–H and O–H groups in total. The molecule has 0 bridgehead atoms. The fourth-order valence-corrected chi connectivity index (χ4v) is 4.12. The topological polar surface area (TPSA) is 3.24 Å². The molecular weight excluding hydrogens is 430 g/mol. The molecule has 2 rings (SSSR count). The van der Waals surface area contributed by atoms with Crippen LogP contribution in [0.15, 0.2) is 24.3 Å². The van der Waals surface area contributed by atoms with Crippen LogP contribution >= 0.6 is 0 Å². The van der Waals surface area contributed by atoms with Gasteiger partial charge in [0.25, 0.3) is 5.92 Å². The quantitative estimate of drug-likeness (QED) is 0.356. The largest absolute Gasteiger partial charge is 0.416 e. The van der Waals surface area contributed by atoms with Gasteiger partial charge in [-0.2, -0.15) is 26.3 Å². The van der Waals surface area contributed by atoms with Gasteiger partial charge in [0.1, 0.15) is 0 Å². The fraction of sp³-hybridized carbons (Fsp3) is 0.727. The molecule has 1 aliphatic heterocycles. The lowest BCUT2D eigenvalue weighted by Crippen LogP contribution is -2.42. The van der Waals surface area contributed by atoms with E-state index in [0.717, 1.165) is 12.1 Å². The summed E-state index contributed by atoms with van der Waals surface area (Å²) in [7, 11) is 0. The third-order valence-electron chi connectivity index (χ3n) is 5.93. The Hall–Kier alpha value is -1.38. The van der Waals surface area contributed by atoms with E-state index in [9.17, 15) is 35.1 Å². The normalized spacial score (nSPS) is 20.8. The Kier molecular flexibility index (Phi) is 8.04. The first-order chi connectivity index (χ1) is 14.1. The molecule has 1 nitrogen and oxygen atoms in total. The summed E-state index contributed by atoms with van der Waals surface area (Å²) in [4.78, 5) is 1.85. The Morgan fingerprint density at radius 3 is 2.03 bits per heavy atom. The second-order valence-electron chi connectivity index (χ2n) is 9.22. The van der Waals surface area contributed by atoms with Crippen LogP contribution in [0.5, 0.6) is 0 Å². The fourth-order valence-electron chi connectivity index (χ4n) is 4.12. The average molecular weight is 459 g/mol. The highest BCUT2D eigenvalue weighted by Gasteiger charge is 2.41. The molecule has 1 aromatic carbocycles. The molecule has 1 aliphatic rings. The molecular formula is C22H29F8N. The van der Waals surface area contributed by atoms with Gasteiger partial charge < -0.3 is 0 Å². The standard InChI is InChI=1S/C22H29F8N/c1-19(2,9-3-11-21(25,26)27)10-4-13-31-14-12-20(23,24)15-18(31)16-5-7-17(8-6-16)22(28,29)30/h5-8,18H,3-4,9-15H2,1-2H3. The molecule has 31 heavy (non-hydrogen) atoms. The van der Waals surface area contributed by atoms with E-state index >= 15 is 0 Å². The van der Waals surface area contributed by atoms with Crippen LogP contribution in [0.4, 0.5) is 35.1 Å². The summed E-state index contributed by atoms with van der Waals surface area (Å²) in [5.41, 5.74) is -0.725. The first kappa shape index (κ1) is 25.9. The van der Waals surface area contributed by atoms with Gasteiger partial charge >= 0.3 is 12.4 Å². The van der Waals surface area contributed by atoms with Gasteiger partial charge in [0.05, 0.1) is 5.56 Å². The van der Waals surface area contributed by atoms with E-state index in [1.807, 2.05) is 18.7 Å². The smallest absolute Gasteiger partial charge is 0.296 e. The molecule has 0 radical (unpaired) electrons. The van der Waals surface area contributed by atoms with Gasteiger partial charge in [0, 0.05) is 31.8 Å². The molecule has 1 unspecified atom stereocenters. The van der Waals surface area contributed by atoms with E-state index in [-0.39, 0.29) is 24.8 Å². The van der Waals surface area contributed by atoms with Crippen molar-refractivity contribution in [3.05, 3.63) is 35.4 Å². The summed E-state index contributed by atoms with van der Waals surface area (Å²) in [6.45, 7) is 4.36. The SMILES string of the molecule is CC(C)(CCCN1CCC(F)(F)CC1c1ccc(C(F)(F)F)cc1)CCCC(F)(F)F. The van der Waals surface area contributed by atoms with Crippen molar-refractivity contribution in [2.24, 2.45) is 5.41 Å². The number of rotatable bonds is 8. The van der Waals surface area contributed by atoms with Crippen molar-refractivity contribution in [3.63, 3.8) is 0 Å². The van der Waals surface area contributed by atoms with Gasteiger partial charge in [-0.05, 0) is 55.3 Å². The number of piperidine rings is 1. The monoisotopic (exact) mass is 459 g/mol. The molecule has 1 fully saturated rings. The second-order valence-corrected chi connectivity index (χ2v) is 9.22. The van der Waals surface area contributed by atoms with Crippen molar-refractivity contribution in [1.82, 2.24) is 4.90 Å². The van der Waals surface area contributed by atoms with Crippen LogP contribution in [0.2, 0.25) is 0 Å². The first-order valence-corrected chi connectivity index (χ1v) is 10.4. The van der Waals surface area contributed by atoms with Crippen molar-refractivity contribution in [3.8, 4) is 0 Å². The Morgan fingerprint density at radius 1 is 0.903 bits per heavy atom. The van der Waals surface area contributed by atoms with Gasteiger partial charge in [-0.25, -0.2) is 8.78 Å². The van der Waals surface area contributed by atoms with Crippen LogP contribution < -0.4 is 0 Å². The molecule has 0 spiro atoms. The van der Waals surface area contributed by atoms with Gasteiger partial charge in [-0.15, -0.1) is 0 Å². The van der Waals surface area contributed by atoms with E-state index in [2.05, 4.69) is 0 Å². The van der Waals surface area contributed by atoms with Crippen LogP contribution in [0.1, 0.15) is 76.0 Å². The summed E-state index contributed by atoms with van der Waals surface area (Å²) in [5, 5.41) is 0. The van der Waals surface area contributed by atoms with Crippen LogP contribution in [0.3, 0.4) is 0 Å². The maximum Gasteiger partial charge on any atom is 0.416 e. The summed E-state index contributed by atoms with van der Waals surface area (Å²) >= 11 is 0. The van der Waals surface area contributed by atoms with E-state index in [0.29, 0.717) is 31.4 Å². The minimum Gasteiger partial charge on any atom is -0.296 e. The van der Waals surface area contributed by atoms with Gasteiger partial charge in [0.15, 0.2) is 0 Å². The number of halogens is 8. The molecule has 0 aromatic heterocycles. The molecule has 1 atom stereocenters. The summed E-state index contributed by atoms with van der Waals surface area (Å²) in [6.07, 6.45) is -8.58. The van der Waals surface area contributed by atoms with E-state index < -0.39 is 42.7 Å². The zero-order valence-corrected chi connectivity index (χ0v) is 17.7.